The second kappa shape index (κ2) is 5.58. The van der Waals surface area contributed by atoms with Gasteiger partial charge in [0.1, 0.15) is 6.04 Å². The van der Waals surface area contributed by atoms with Crippen molar-refractivity contribution in [1.82, 2.24) is 5.32 Å². The summed E-state index contributed by atoms with van der Waals surface area (Å²) in [5.74, 6) is 0.475. The van der Waals surface area contributed by atoms with Crippen LogP contribution in [0, 0.1) is 23.2 Å². The zero-order chi connectivity index (χ0) is 10.4. The highest BCUT2D eigenvalue weighted by atomic mass is 16.1. The minimum atomic E-state index is -0.355. The third-order valence-electron chi connectivity index (χ3n) is 1.72. The molecule has 0 aliphatic carbocycles. The Morgan fingerprint density at radius 1 is 1.38 bits per heavy atom. The van der Waals surface area contributed by atoms with Gasteiger partial charge in [0, 0.05) is 6.42 Å². The normalized spacial score (nSPS) is 12.7. The molecule has 74 valence electrons. The highest BCUT2D eigenvalue weighted by Crippen LogP contribution is 2.03. The fourth-order valence-electron chi connectivity index (χ4n) is 0.951. The molecule has 0 bridgehead atoms. The Kier molecular flexibility index (Phi) is 5.13. The van der Waals surface area contributed by atoms with E-state index in [1.165, 1.54) is 0 Å². The van der Waals surface area contributed by atoms with E-state index >= 15 is 0 Å². The van der Waals surface area contributed by atoms with Crippen molar-refractivity contribution in [3.63, 3.8) is 0 Å². The van der Waals surface area contributed by atoms with Crippen LogP contribution in [0.5, 0.6) is 0 Å². The average Bonchev–Trinajstić information content (AvgIpc) is 1.98. The van der Waals surface area contributed by atoms with E-state index in [1.54, 1.807) is 0 Å². The molecule has 1 unspecified atom stereocenters. The molecule has 0 spiro atoms. The van der Waals surface area contributed by atoms with E-state index in [1.807, 2.05) is 27.7 Å². The fraction of sp³-hybridized carbons (Fsp3) is 0.800. The molecule has 1 atom stereocenters. The predicted molar refractivity (Wildman–Crippen MR) is 51.8 cm³/mol. The molecule has 3 nitrogen and oxygen atoms in total. The Morgan fingerprint density at radius 3 is 2.23 bits per heavy atom. The van der Waals surface area contributed by atoms with E-state index in [-0.39, 0.29) is 17.9 Å². The van der Waals surface area contributed by atoms with Crippen LogP contribution in [0.25, 0.3) is 0 Å². The molecule has 0 saturated carbocycles. The minimum Gasteiger partial charge on any atom is -0.340 e. The van der Waals surface area contributed by atoms with Gasteiger partial charge in [0.25, 0.3) is 0 Å². The van der Waals surface area contributed by atoms with Gasteiger partial charge in [0.2, 0.25) is 5.91 Å². The van der Waals surface area contributed by atoms with Crippen LogP contribution in [0.4, 0.5) is 0 Å². The van der Waals surface area contributed by atoms with Crippen LogP contribution in [-0.2, 0) is 4.79 Å². The molecule has 0 aliphatic heterocycles. The Hall–Kier alpha value is -1.04. The van der Waals surface area contributed by atoms with Crippen molar-refractivity contribution in [3.8, 4) is 6.07 Å². The van der Waals surface area contributed by atoms with Gasteiger partial charge in [0.15, 0.2) is 0 Å². The Bertz CT molecular complexity index is 203. The number of rotatable bonds is 4. The molecule has 13 heavy (non-hydrogen) atoms. The van der Waals surface area contributed by atoms with E-state index in [9.17, 15) is 4.79 Å². The molecule has 3 heteroatoms. The number of amides is 1. The average molecular weight is 182 g/mol. The summed E-state index contributed by atoms with van der Waals surface area (Å²) in [5, 5.41) is 11.4. The lowest BCUT2D eigenvalue weighted by Gasteiger charge is -2.15. The van der Waals surface area contributed by atoms with E-state index in [4.69, 9.17) is 5.26 Å². The second-order valence-electron chi connectivity index (χ2n) is 4.02. The van der Waals surface area contributed by atoms with Gasteiger partial charge in [0.05, 0.1) is 6.07 Å². The van der Waals surface area contributed by atoms with Crippen LogP contribution in [0.2, 0.25) is 0 Å². The first kappa shape index (κ1) is 12.0. The molecule has 0 aromatic rings. The Labute approximate surface area is 80.1 Å². The topological polar surface area (TPSA) is 52.9 Å². The maximum absolute atomic E-state index is 11.3. The summed E-state index contributed by atoms with van der Waals surface area (Å²) < 4.78 is 0. The number of nitrogens with one attached hydrogen (secondary N) is 1. The van der Waals surface area contributed by atoms with Gasteiger partial charge >= 0.3 is 0 Å². The van der Waals surface area contributed by atoms with Crippen LogP contribution < -0.4 is 5.32 Å². The molecule has 0 rings (SSSR count). The number of hydrogen-bond donors (Lipinski definition) is 1. The molecule has 0 fully saturated rings. The zero-order valence-electron chi connectivity index (χ0n) is 8.79. The summed E-state index contributed by atoms with van der Waals surface area (Å²) in [5.41, 5.74) is 0. The molecular weight excluding hydrogens is 164 g/mol. The largest absolute Gasteiger partial charge is 0.340 e. The molecule has 0 radical (unpaired) electrons. The van der Waals surface area contributed by atoms with Gasteiger partial charge in [-0.05, 0) is 11.8 Å². The summed E-state index contributed by atoms with van der Waals surface area (Å²) in [6.45, 7) is 7.81. The quantitative estimate of drug-likeness (QED) is 0.719. The summed E-state index contributed by atoms with van der Waals surface area (Å²) in [4.78, 5) is 11.3. The minimum absolute atomic E-state index is 0.0322. The highest BCUT2D eigenvalue weighted by molar-refractivity contribution is 5.76. The number of nitriles is 1. The van der Waals surface area contributed by atoms with E-state index in [0.717, 1.165) is 0 Å². The Morgan fingerprint density at radius 2 is 1.92 bits per heavy atom. The molecular formula is C10H18N2O. The fourth-order valence-corrected chi connectivity index (χ4v) is 0.951. The van der Waals surface area contributed by atoms with Crippen molar-refractivity contribution in [1.29, 1.82) is 5.26 Å². The number of carbonyl (C=O) groups excluding carboxylic acids is 1. The second-order valence-corrected chi connectivity index (χ2v) is 4.02. The lowest BCUT2D eigenvalue weighted by molar-refractivity contribution is -0.122. The van der Waals surface area contributed by atoms with Crippen molar-refractivity contribution in [2.45, 2.75) is 40.2 Å². The maximum atomic E-state index is 11.3. The lowest BCUT2D eigenvalue weighted by Crippen LogP contribution is -2.37. The van der Waals surface area contributed by atoms with Crippen LogP contribution >= 0.6 is 0 Å². The van der Waals surface area contributed by atoms with Crippen molar-refractivity contribution in [3.05, 3.63) is 0 Å². The Balaban J connectivity index is 3.97. The molecule has 0 heterocycles. The van der Waals surface area contributed by atoms with Crippen molar-refractivity contribution < 1.29 is 4.79 Å². The van der Waals surface area contributed by atoms with E-state index < -0.39 is 0 Å². The molecule has 0 saturated heterocycles. The van der Waals surface area contributed by atoms with Crippen LogP contribution in [-0.4, -0.2) is 11.9 Å². The summed E-state index contributed by atoms with van der Waals surface area (Å²) in [6.07, 6.45) is 0.491. The van der Waals surface area contributed by atoms with Gasteiger partial charge in [-0.25, -0.2) is 0 Å². The first-order chi connectivity index (χ1) is 5.97. The SMILES string of the molecule is CC(C)CC(=O)NC(C#N)C(C)C. The number of nitrogens with zero attached hydrogens (tertiary/aromatic N) is 1. The first-order valence-electron chi connectivity index (χ1n) is 4.66. The number of carbonyl (C=O) groups is 1. The number of hydrogen-bond acceptors (Lipinski definition) is 2. The predicted octanol–water partition coefficient (Wildman–Crippen LogP) is 1.70. The van der Waals surface area contributed by atoms with Crippen molar-refractivity contribution >= 4 is 5.91 Å². The van der Waals surface area contributed by atoms with Gasteiger partial charge in [-0.2, -0.15) is 5.26 Å². The standard InChI is InChI=1S/C10H18N2O/c1-7(2)5-10(13)12-9(6-11)8(3)4/h7-9H,5H2,1-4H3,(H,12,13). The molecule has 0 aromatic heterocycles. The summed E-state index contributed by atoms with van der Waals surface area (Å²) in [6, 6.07) is 1.72. The molecule has 1 N–H and O–H groups in total. The molecule has 0 aliphatic rings. The lowest BCUT2D eigenvalue weighted by atomic mass is 10.0. The summed E-state index contributed by atoms with van der Waals surface area (Å²) >= 11 is 0. The van der Waals surface area contributed by atoms with Crippen LogP contribution in [0.15, 0.2) is 0 Å². The van der Waals surface area contributed by atoms with Crippen molar-refractivity contribution in [2.75, 3.05) is 0 Å². The zero-order valence-corrected chi connectivity index (χ0v) is 8.79. The van der Waals surface area contributed by atoms with E-state index in [0.29, 0.717) is 12.3 Å². The van der Waals surface area contributed by atoms with Gasteiger partial charge in [-0.3, -0.25) is 4.79 Å². The van der Waals surface area contributed by atoms with Crippen molar-refractivity contribution in [2.24, 2.45) is 11.8 Å². The van der Waals surface area contributed by atoms with Gasteiger partial charge < -0.3 is 5.32 Å². The van der Waals surface area contributed by atoms with Gasteiger partial charge in [-0.15, -0.1) is 0 Å². The third-order valence-corrected chi connectivity index (χ3v) is 1.72. The smallest absolute Gasteiger partial charge is 0.221 e. The highest BCUT2D eigenvalue weighted by Gasteiger charge is 2.15. The molecule has 0 aromatic carbocycles. The van der Waals surface area contributed by atoms with Crippen LogP contribution in [0.3, 0.4) is 0 Å². The third kappa shape index (κ3) is 5.24. The monoisotopic (exact) mass is 182 g/mol. The molecule has 1 amide bonds. The maximum Gasteiger partial charge on any atom is 0.221 e. The van der Waals surface area contributed by atoms with Gasteiger partial charge in [-0.1, -0.05) is 27.7 Å². The van der Waals surface area contributed by atoms with E-state index in [2.05, 4.69) is 11.4 Å². The first-order valence-corrected chi connectivity index (χ1v) is 4.66. The van der Waals surface area contributed by atoms with Crippen LogP contribution in [0.1, 0.15) is 34.1 Å². The summed E-state index contributed by atoms with van der Waals surface area (Å²) in [7, 11) is 0.